The van der Waals surface area contributed by atoms with E-state index >= 15 is 0 Å². The van der Waals surface area contributed by atoms with Crippen molar-refractivity contribution in [2.45, 2.75) is 39.2 Å². The fraction of sp³-hybridized carbons (Fsp3) is 0.409. The molecule has 35 heavy (non-hydrogen) atoms. The molecule has 1 unspecified atom stereocenters. The zero-order valence-corrected chi connectivity index (χ0v) is 19.2. The highest BCUT2D eigenvalue weighted by molar-refractivity contribution is 5.75. The summed E-state index contributed by atoms with van der Waals surface area (Å²) in [6, 6.07) is 10.9. The minimum absolute atomic E-state index is 0.0495. The van der Waals surface area contributed by atoms with Gasteiger partial charge in [0, 0.05) is 0 Å². The van der Waals surface area contributed by atoms with Crippen LogP contribution in [0.2, 0.25) is 0 Å². The lowest BCUT2D eigenvalue weighted by Crippen LogP contribution is -2.44. The first-order valence-electron chi connectivity index (χ1n) is 10.7. The van der Waals surface area contributed by atoms with Crippen LogP contribution in [0, 0.1) is 35.8 Å². The van der Waals surface area contributed by atoms with Gasteiger partial charge in [-0.3, -0.25) is 40.0 Å². The molecule has 1 atom stereocenters. The first kappa shape index (κ1) is 27.1. The maximum atomic E-state index is 11.7. The van der Waals surface area contributed by atoms with Gasteiger partial charge in [0.1, 0.15) is 0 Å². The molecule has 1 fully saturated rings. The molecular weight excluding hydrogens is 464 g/mol. The topological polar surface area (TPSA) is 190 Å². The molecule has 188 valence electrons. The Balaban J connectivity index is 0.000000251. The van der Waals surface area contributed by atoms with E-state index in [1.54, 1.807) is 0 Å². The van der Waals surface area contributed by atoms with Gasteiger partial charge in [0.25, 0.3) is 11.4 Å². The Bertz CT molecular complexity index is 1060. The van der Waals surface area contributed by atoms with E-state index in [4.69, 9.17) is 5.11 Å². The first-order chi connectivity index (χ1) is 16.4. The Morgan fingerprint density at radius 2 is 1.40 bits per heavy atom. The summed E-state index contributed by atoms with van der Waals surface area (Å²) in [6.45, 7) is 5.66. The highest BCUT2D eigenvalue weighted by atomic mass is 16.6. The van der Waals surface area contributed by atoms with Gasteiger partial charge in [-0.25, -0.2) is 0 Å². The van der Waals surface area contributed by atoms with Gasteiger partial charge in [0.05, 0.1) is 38.4 Å². The molecule has 2 N–H and O–H groups in total. The molecule has 0 saturated carbocycles. The number of non-ortho nitro benzene ring substituents is 1. The number of hydrogen-bond donors (Lipinski definition) is 2. The Labute approximate surface area is 200 Å². The average molecular weight is 490 g/mol. The number of rotatable bonds is 7. The second-order valence-corrected chi connectivity index (χ2v) is 8.54. The van der Waals surface area contributed by atoms with E-state index in [1.807, 2.05) is 44.2 Å². The Kier molecular flexibility index (Phi) is 8.78. The smallest absolute Gasteiger partial charge is 0.324 e. The average Bonchev–Trinajstić information content (AvgIpc) is 2.80. The maximum Gasteiger partial charge on any atom is 0.324 e. The summed E-state index contributed by atoms with van der Waals surface area (Å²) in [5, 5.41) is 49.8. The van der Waals surface area contributed by atoms with Gasteiger partial charge < -0.3 is 10.2 Å². The second kappa shape index (κ2) is 11.3. The number of carboxylic acid groups (broad SMARTS) is 1. The van der Waals surface area contributed by atoms with Crippen LogP contribution in [-0.4, -0.2) is 48.9 Å². The van der Waals surface area contributed by atoms with Gasteiger partial charge in [-0.05, 0) is 45.3 Å². The maximum absolute atomic E-state index is 11.7. The zero-order chi connectivity index (χ0) is 26.3. The lowest BCUT2D eigenvalue weighted by Gasteiger charge is -2.42. The van der Waals surface area contributed by atoms with Crippen LogP contribution in [-0.2, 0) is 4.79 Å². The minimum atomic E-state index is -1.21. The number of phenolic OH excluding ortho intramolecular Hbond substituents is 1. The van der Waals surface area contributed by atoms with Crippen LogP contribution >= 0.6 is 0 Å². The highest BCUT2D eigenvalue weighted by Gasteiger charge is 2.41. The van der Waals surface area contributed by atoms with Crippen molar-refractivity contribution in [1.82, 2.24) is 4.90 Å². The van der Waals surface area contributed by atoms with Crippen molar-refractivity contribution in [1.29, 1.82) is 0 Å². The number of carbonyl (C=O) groups is 1. The molecule has 0 aliphatic carbocycles. The summed E-state index contributed by atoms with van der Waals surface area (Å²) < 4.78 is 0. The van der Waals surface area contributed by atoms with Crippen molar-refractivity contribution in [3.05, 3.63) is 78.4 Å². The summed E-state index contributed by atoms with van der Waals surface area (Å²) in [5.74, 6) is -1.94. The van der Waals surface area contributed by atoms with Gasteiger partial charge in [-0.1, -0.05) is 36.8 Å². The molecule has 13 heteroatoms. The van der Waals surface area contributed by atoms with Crippen LogP contribution in [0.1, 0.15) is 44.7 Å². The van der Waals surface area contributed by atoms with E-state index in [9.17, 15) is 40.2 Å². The third kappa shape index (κ3) is 6.47. The molecule has 0 radical (unpaired) electrons. The van der Waals surface area contributed by atoms with Gasteiger partial charge >= 0.3 is 17.3 Å². The Morgan fingerprint density at radius 1 is 0.914 bits per heavy atom. The third-order valence-electron chi connectivity index (χ3n) is 5.76. The number of aliphatic carboxylic acids is 1. The van der Waals surface area contributed by atoms with E-state index in [2.05, 4.69) is 4.90 Å². The summed E-state index contributed by atoms with van der Waals surface area (Å²) in [7, 11) is 0. The first-order valence-corrected chi connectivity index (χ1v) is 10.7. The lowest BCUT2D eigenvalue weighted by molar-refractivity contribution is -0.404. The summed E-state index contributed by atoms with van der Waals surface area (Å²) >= 11 is 0. The monoisotopic (exact) mass is 490 g/mol. The molecule has 1 aliphatic rings. The quantitative estimate of drug-likeness (QED) is 0.414. The van der Waals surface area contributed by atoms with Crippen LogP contribution in [0.25, 0.3) is 0 Å². The zero-order valence-electron chi connectivity index (χ0n) is 19.2. The molecular formula is C22H26N4O9. The van der Waals surface area contributed by atoms with Crippen molar-refractivity contribution in [2.75, 3.05) is 13.1 Å². The third-order valence-corrected chi connectivity index (χ3v) is 5.76. The predicted molar refractivity (Wildman–Crippen MR) is 124 cm³/mol. The number of hydrogen-bond acceptors (Lipinski definition) is 9. The molecule has 2 aromatic rings. The fourth-order valence-electron chi connectivity index (χ4n) is 3.99. The standard InChI is InChI=1S/C16H23NO2.C6H3N3O7/c1-16(2,15(18)19)14(13-9-5-3-6-10-13)17-11-7-4-8-12-17;10-6-4(8(13)14)1-3(7(11)12)2-5(6)9(15)16/h3,5-6,9-10,14H,4,7-8,11-12H2,1-2H3,(H,18,19);1-2,10H. The molecule has 1 saturated heterocycles. The molecule has 3 rings (SSSR count). The van der Waals surface area contributed by atoms with Crippen molar-refractivity contribution in [3.63, 3.8) is 0 Å². The van der Waals surface area contributed by atoms with Gasteiger partial charge in [-0.2, -0.15) is 0 Å². The second-order valence-electron chi connectivity index (χ2n) is 8.54. The van der Waals surface area contributed by atoms with Gasteiger partial charge in [0.15, 0.2) is 0 Å². The van der Waals surface area contributed by atoms with Crippen LogP contribution in [0.15, 0.2) is 42.5 Å². The van der Waals surface area contributed by atoms with Crippen molar-refractivity contribution in [3.8, 4) is 5.75 Å². The summed E-state index contributed by atoms with van der Waals surface area (Å²) in [6.07, 6.45) is 3.59. The SMILES string of the molecule is CC(C)(C(=O)O)C(c1ccccc1)N1CCCCC1.O=[N+]([O-])c1cc([N+](=O)[O-])c(O)c([N+](=O)[O-])c1. The minimum Gasteiger partial charge on any atom is -0.497 e. The largest absolute Gasteiger partial charge is 0.497 e. The van der Waals surface area contributed by atoms with E-state index in [1.165, 1.54) is 19.3 Å². The summed E-state index contributed by atoms with van der Waals surface area (Å²) in [5.41, 5.74) is -2.67. The summed E-state index contributed by atoms with van der Waals surface area (Å²) in [4.78, 5) is 41.8. The van der Waals surface area contributed by atoms with Crippen LogP contribution in [0.4, 0.5) is 17.1 Å². The number of nitro benzene ring substituents is 3. The predicted octanol–water partition coefficient (Wildman–Crippen LogP) is 4.44. The van der Waals surface area contributed by atoms with E-state index in [0.717, 1.165) is 18.7 Å². The number of phenols is 1. The van der Waals surface area contributed by atoms with Crippen LogP contribution in [0.3, 0.4) is 0 Å². The van der Waals surface area contributed by atoms with Gasteiger partial charge in [0.2, 0.25) is 0 Å². The molecule has 0 aromatic heterocycles. The normalized spacial score (nSPS) is 14.8. The fourth-order valence-corrected chi connectivity index (χ4v) is 3.99. The van der Waals surface area contributed by atoms with Crippen molar-refractivity contribution < 1.29 is 29.8 Å². The number of aromatic hydroxyl groups is 1. The van der Waals surface area contributed by atoms with Gasteiger partial charge in [-0.15, -0.1) is 0 Å². The number of nitrogens with zero attached hydrogens (tertiary/aromatic N) is 4. The Morgan fingerprint density at radius 3 is 1.80 bits per heavy atom. The number of likely N-dealkylation sites (tertiary alicyclic amines) is 1. The number of nitro groups is 3. The number of benzene rings is 2. The molecule has 0 spiro atoms. The molecule has 13 nitrogen and oxygen atoms in total. The van der Waals surface area contributed by atoms with Crippen LogP contribution in [0.5, 0.6) is 5.75 Å². The van der Waals surface area contributed by atoms with E-state index < -0.39 is 49.0 Å². The van der Waals surface area contributed by atoms with E-state index in [0.29, 0.717) is 12.1 Å². The molecule has 2 aromatic carbocycles. The molecule has 0 amide bonds. The lowest BCUT2D eigenvalue weighted by atomic mass is 9.78. The van der Waals surface area contributed by atoms with E-state index in [-0.39, 0.29) is 6.04 Å². The van der Waals surface area contributed by atoms with Crippen molar-refractivity contribution in [2.24, 2.45) is 5.41 Å². The molecule has 1 heterocycles. The molecule has 1 aliphatic heterocycles. The number of carboxylic acids is 1. The van der Waals surface area contributed by atoms with Crippen molar-refractivity contribution >= 4 is 23.0 Å². The van der Waals surface area contributed by atoms with Crippen LogP contribution < -0.4 is 0 Å². The number of piperidine rings is 1. The highest BCUT2D eigenvalue weighted by Crippen LogP contribution is 2.40. The molecule has 0 bridgehead atoms. The Hall–Kier alpha value is -4.13.